The number of esters is 2. The molecule has 0 saturated carbocycles. The van der Waals surface area contributed by atoms with Gasteiger partial charge in [-0.15, -0.1) is 0 Å². The first kappa shape index (κ1) is 22.7. The van der Waals surface area contributed by atoms with Crippen LogP contribution >= 0.6 is 15.9 Å². The summed E-state index contributed by atoms with van der Waals surface area (Å²) >= 11 is 3.48. The lowest BCUT2D eigenvalue weighted by Crippen LogP contribution is -2.31. The van der Waals surface area contributed by atoms with Gasteiger partial charge in [0.1, 0.15) is 11.3 Å². The summed E-state index contributed by atoms with van der Waals surface area (Å²) in [6, 6.07) is 3.21. The van der Waals surface area contributed by atoms with Crippen molar-refractivity contribution in [2.75, 3.05) is 27.9 Å². The van der Waals surface area contributed by atoms with E-state index in [4.69, 9.17) is 24.7 Å². The Labute approximate surface area is 187 Å². The molecule has 1 atom stereocenters. The molecule has 0 radical (unpaired) electrons. The average molecular weight is 496 g/mol. The highest BCUT2D eigenvalue weighted by Gasteiger charge is 2.42. The van der Waals surface area contributed by atoms with Crippen molar-refractivity contribution in [3.8, 4) is 11.5 Å². The second kappa shape index (κ2) is 9.42. The van der Waals surface area contributed by atoms with Crippen LogP contribution in [-0.2, 0) is 28.6 Å². The predicted octanol–water partition coefficient (Wildman–Crippen LogP) is 2.47. The molecule has 2 N–H and O–H groups in total. The highest BCUT2D eigenvalue weighted by atomic mass is 79.9. The second-order valence-corrected chi connectivity index (χ2v) is 7.66. The van der Waals surface area contributed by atoms with Crippen molar-refractivity contribution in [3.05, 3.63) is 45.0 Å². The van der Waals surface area contributed by atoms with Crippen LogP contribution in [0.2, 0.25) is 0 Å². The van der Waals surface area contributed by atoms with E-state index in [-0.39, 0.29) is 29.6 Å². The van der Waals surface area contributed by atoms with Crippen LogP contribution in [0.1, 0.15) is 30.7 Å². The number of Topliss-reactive ketones (excluding diaryl/α,β-unsaturated/α-hetero) is 1. The highest BCUT2D eigenvalue weighted by molar-refractivity contribution is 9.10. The molecule has 166 valence electrons. The molecular formula is C21H22BrNO8. The summed E-state index contributed by atoms with van der Waals surface area (Å²) in [7, 11) is 3.92. The van der Waals surface area contributed by atoms with Crippen LogP contribution in [0.25, 0.3) is 0 Å². The highest BCUT2D eigenvalue weighted by Crippen LogP contribution is 2.48. The monoisotopic (exact) mass is 495 g/mol. The topological polar surface area (TPSA) is 123 Å². The zero-order valence-electron chi connectivity index (χ0n) is 17.3. The molecule has 9 nitrogen and oxygen atoms in total. The first-order chi connectivity index (χ1) is 14.8. The molecule has 0 bridgehead atoms. The molecule has 10 heteroatoms. The fraction of sp³-hybridized carbons (Fsp3) is 0.381. The van der Waals surface area contributed by atoms with Crippen molar-refractivity contribution in [2.45, 2.75) is 25.2 Å². The van der Waals surface area contributed by atoms with Crippen LogP contribution in [0.3, 0.4) is 0 Å². The lowest BCUT2D eigenvalue weighted by molar-refractivity contribution is -0.143. The molecule has 1 heterocycles. The first-order valence-corrected chi connectivity index (χ1v) is 10.2. The van der Waals surface area contributed by atoms with Gasteiger partial charge in [0.25, 0.3) is 0 Å². The second-order valence-electron chi connectivity index (χ2n) is 6.81. The third-order valence-electron chi connectivity index (χ3n) is 5.06. The molecule has 0 spiro atoms. The quantitative estimate of drug-likeness (QED) is 0.592. The molecule has 1 aromatic rings. The lowest BCUT2D eigenvalue weighted by Gasteiger charge is -2.33. The summed E-state index contributed by atoms with van der Waals surface area (Å²) < 4.78 is 26.5. The Morgan fingerprint density at radius 2 is 1.90 bits per heavy atom. The van der Waals surface area contributed by atoms with Gasteiger partial charge in [-0.3, -0.25) is 4.79 Å². The normalized spacial score (nSPS) is 18.2. The van der Waals surface area contributed by atoms with Crippen molar-refractivity contribution < 1.29 is 38.1 Å². The minimum absolute atomic E-state index is 0.0301. The van der Waals surface area contributed by atoms with E-state index in [0.29, 0.717) is 46.4 Å². The lowest BCUT2D eigenvalue weighted by atomic mass is 9.77. The van der Waals surface area contributed by atoms with Crippen molar-refractivity contribution in [2.24, 2.45) is 5.73 Å². The van der Waals surface area contributed by atoms with E-state index in [1.807, 2.05) is 0 Å². The Hall–Kier alpha value is -3.01. The Morgan fingerprint density at radius 3 is 2.55 bits per heavy atom. The third kappa shape index (κ3) is 4.39. The zero-order valence-corrected chi connectivity index (χ0v) is 18.9. The standard InChI is InChI=1S/C21H22BrNO8/c1-27-14-7-10(11(22)8-15(14)30-9-16(25)28-2)17-18-12(24)5-4-6-13(18)31-20(23)19(17)21(26)29-3/h7-8,17H,4-6,9,23H2,1-3H3/t17-/m0/s1. The van der Waals surface area contributed by atoms with E-state index in [1.54, 1.807) is 12.1 Å². The Kier molecular flexibility index (Phi) is 6.89. The zero-order chi connectivity index (χ0) is 22.7. The molecule has 2 aliphatic rings. The number of hydrogen-bond donors (Lipinski definition) is 1. The van der Waals surface area contributed by atoms with E-state index in [1.165, 1.54) is 21.3 Å². The van der Waals surface area contributed by atoms with Crippen LogP contribution in [0.5, 0.6) is 11.5 Å². The smallest absolute Gasteiger partial charge is 0.343 e. The maximum Gasteiger partial charge on any atom is 0.343 e. The fourth-order valence-electron chi connectivity index (χ4n) is 3.62. The van der Waals surface area contributed by atoms with Gasteiger partial charge in [-0.1, -0.05) is 15.9 Å². The third-order valence-corrected chi connectivity index (χ3v) is 5.74. The number of methoxy groups -OCH3 is 3. The van der Waals surface area contributed by atoms with Crippen LogP contribution in [0, 0.1) is 0 Å². The minimum atomic E-state index is -0.818. The van der Waals surface area contributed by atoms with Crippen molar-refractivity contribution in [1.82, 2.24) is 0 Å². The van der Waals surface area contributed by atoms with Gasteiger partial charge in [-0.25, -0.2) is 9.59 Å². The number of carbonyl (C=O) groups excluding carboxylic acids is 3. The summed E-state index contributed by atoms with van der Waals surface area (Å²) in [4.78, 5) is 36.9. The molecule has 1 aliphatic carbocycles. The molecule has 0 aromatic heterocycles. The summed E-state index contributed by atoms with van der Waals surface area (Å²) in [6.45, 7) is -0.316. The maximum absolute atomic E-state index is 12.8. The summed E-state index contributed by atoms with van der Waals surface area (Å²) in [5, 5.41) is 0. The molecule has 0 saturated heterocycles. The number of allylic oxidation sites excluding steroid dienone is 2. The number of halogens is 1. The fourth-order valence-corrected chi connectivity index (χ4v) is 4.17. The van der Waals surface area contributed by atoms with Gasteiger partial charge < -0.3 is 29.4 Å². The van der Waals surface area contributed by atoms with Crippen LogP contribution in [-0.4, -0.2) is 45.7 Å². The van der Waals surface area contributed by atoms with Gasteiger partial charge in [0.05, 0.1) is 27.2 Å². The minimum Gasteiger partial charge on any atom is -0.493 e. The van der Waals surface area contributed by atoms with Gasteiger partial charge in [0.15, 0.2) is 23.9 Å². The number of ether oxygens (including phenoxy) is 5. The van der Waals surface area contributed by atoms with E-state index in [0.717, 1.165) is 0 Å². The van der Waals surface area contributed by atoms with Crippen LogP contribution in [0.4, 0.5) is 0 Å². The van der Waals surface area contributed by atoms with Crippen molar-refractivity contribution >= 4 is 33.7 Å². The first-order valence-electron chi connectivity index (χ1n) is 9.41. The average Bonchev–Trinajstić information content (AvgIpc) is 2.76. The molecular weight excluding hydrogens is 474 g/mol. The number of nitrogens with two attached hydrogens (primary N) is 1. The van der Waals surface area contributed by atoms with Crippen LogP contribution in [0.15, 0.2) is 39.4 Å². The Bertz CT molecular complexity index is 997. The molecule has 0 unspecified atom stereocenters. The number of hydrogen-bond acceptors (Lipinski definition) is 9. The number of benzene rings is 1. The molecule has 1 aromatic carbocycles. The van der Waals surface area contributed by atoms with Gasteiger partial charge in [-0.05, 0) is 24.1 Å². The molecule has 31 heavy (non-hydrogen) atoms. The van der Waals surface area contributed by atoms with E-state index in [9.17, 15) is 14.4 Å². The maximum atomic E-state index is 12.8. The van der Waals surface area contributed by atoms with Crippen LogP contribution < -0.4 is 15.2 Å². The van der Waals surface area contributed by atoms with Gasteiger partial charge in [0, 0.05) is 22.9 Å². The van der Waals surface area contributed by atoms with E-state index >= 15 is 0 Å². The predicted molar refractivity (Wildman–Crippen MR) is 111 cm³/mol. The molecule has 1 aliphatic heterocycles. The Morgan fingerprint density at radius 1 is 1.16 bits per heavy atom. The van der Waals surface area contributed by atoms with Crippen molar-refractivity contribution in [3.63, 3.8) is 0 Å². The van der Waals surface area contributed by atoms with Crippen molar-refractivity contribution in [1.29, 1.82) is 0 Å². The molecule has 0 amide bonds. The molecule has 3 rings (SSSR count). The van der Waals surface area contributed by atoms with Gasteiger partial charge >= 0.3 is 11.9 Å². The number of ketones is 1. The molecule has 0 fully saturated rings. The Balaban J connectivity index is 2.15. The van der Waals surface area contributed by atoms with E-state index in [2.05, 4.69) is 20.7 Å². The van der Waals surface area contributed by atoms with Gasteiger partial charge in [0.2, 0.25) is 5.88 Å². The van der Waals surface area contributed by atoms with E-state index < -0.39 is 17.9 Å². The number of carbonyl (C=O) groups is 3. The van der Waals surface area contributed by atoms with Gasteiger partial charge in [-0.2, -0.15) is 0 Å². The SMILES string of the molecule is COC(=O)COc1cc(Br)c([C@@H]2C(C(=O)OC)=C(N)OC3=C2C(=O)CCC3)cc1OC. The largest absolute Gasteiger partial charge is 0.493 e. The summed E-state index contributed by atoms with van der Waals surface area (Å²) in [6.07, 6.45) is 1.50. The number of rotatable bonds is 6. The summed E-state index contributed by atoms with van der Waals surface area (Å²) in [5.74, 6) is -1.30. The summed E-state index contributed by atoms with van der Waals surface area (Å²) in [5.41, 5.74) is 7.01.